The number of carboxylic acids is 1. The highest BCUT2D eigenvalue weighted by Gasteiger charge is 2.32. The maximum atomic E-state index is 12.3. The zero-order chi connectivity index (χ0) is 21.0. The number of carbonyl (C=O) groups excluding carboxylic acids is 3. The zero-order valence-corrected chi connectivity index (χ0v) is 16.0. The van der Waals surface area contributed by atoms with Crippen LogP contribution in [0.4, 0.5) is 4.79 Å². The number of aromatic carboxylic acids is 1. The third-order valence-electron chi connectivity index (χ3n) is 4.45. The summed E-state index contributed by atoms with van der Waals surface area (Å²) in [7, 11) is 1.49. The molecule has 0 spiro atoms. The number of ether oxygens (including phenoxy) is 2. The van der Waals surface area contributed by atoms with E-state index >= 15 is 0 Å². The van der Waals surface area contributed by atoms with Gasteiger partial charge in [0.05, 0.1) is 13.1 Å². The Kier molecular flexibility index (Phi) is 5.92. The molecular weight excluding hydrogens is 376 g/mol. The Labute approximate surface area is 167 Å². The monoisotopic (exact) mass is 395 g/mol. The Morgan fingerprint density at radius 1 is 1.17 bits per heavy atom. The van der Waals surface area contributed by atoms with Gasteiger partial charge in [0.1, 0.15) is 12.3 Å². The number of carbonyl (C=O) groups is 3. The van der Waals surface area contributed by atoms with Crippen molar-refractivity contribution in [1.82, 2.24) is 4.90 Å². The molecule has 1 aliphatic heterocycles. The van der Waals surface area contributed by atoms with Crippen molar-refractivity contribution in [2.45, 2.75) is 20.0 Å². The molecule has 29 heavy (non-hydrogen) atoms. The van der Waals surface area contributed by atoms with E-state index in [1.165, 1.54) is 19.2 Å². The number of imide groups is 1. The number of para-hydroxylation sites is 1. The standard InChI is InChI=1S/C21H20N2O6/c1-3-23-19(24)16(22-21(23)27)11-14-7-5-9-17(28-2)18(14)29-12-13-6-4-8-15(10-13)20(25)26/h4-10H,3,11-12H2,1-2H3,(H,25,26)/p-1. The van der Waals surface area contributed by atoms with Gasteiger partial charge in [-0.1, -0.05) is 30.3 Å². The van der Waals surface area contributed by atoms with Crippen molar-refractivity contribution in [2.24, 2.45) is 4.99 Å². The molecule has 8 nitrogen and oxygen atoms in total. The highest BCUT2D eigenvalue weighted by Crippen LogP contribution is 2.33. The summed E-state index contributed by atoms with van der Waals surface area (Å²) in [5.41, 5.74) is 1.44. The number of carboxylic acid groups (broad SMARTS) is 1. The van der Waals surface area contributed by atoms with Crippen LogP contribution in [0.1, 0.15) is 28.4 Å². The van der Waals surface area contributed by atoms with Crippen LogP contribution in [0, 0.1) is 0 Å². The lowest BCUT2D eigenvalue weighted by Gasteiger charge is -2.16. The molecule has 2 aromatic rings. The van der Waals surface area contributed by atoms with E-state index in [-0.39, 0.29) is 30.8 Å². The second-order valence-electron chi connectivity index (χ2n) is 6.29. The minimum atomic E-state index is -1.27. The number of amides is 3. The molecule has 8 heteroatoms. The van der Waals surface area contributed by atoms with Crippen LogP contribution in [-0.2, 0) is 17.8 Å². The maximum Gasteiger partial charge on any atom is 0.350 e. The fourth-order valence-electron chi connectivity index (χ4n) is 3.01. The molecule has 0 bridgehead atoms. The van der Waals surface area contributed by atoms with Gasteiger partial charge >= 0.3 is 6.03 Å². The molecule has 0 N–H and O–H groups in total. The molecule has 2 aromatic carbocycles. The first-order valence-electron chi connectivity index (χ1n) is 8.97. The first-order valence-corrected chi connectivity index (χ1v) is 8.97. The molecule has 0 aromatic heterocycles. The summed E-state index contributed by atoms with van der Waals surface area (Å²) in [6, 6.07) is 10.9. The summed E-state index contributed by atoms with van der Waals surface area (Å²) in [5, 5.41) is 11.0. The molecule has 1 aliphatic rings. The normalized spacial score (nSPS) is 13.4. The lowest BCUT2D eigenvalue weighted by Crippen LogP contribution is -2.32. The van der Waals surface area contributed by atoms with Crippen LogP contribution in [-0.4, -0.2) is 42.2 Å². The molecular formula is C21H19N2O6-. The van der Waals surface area contributed by atoms with Gasteiger partial charge in [-0.2, -0.15) is 4.99 Å². The van der Waals surface area contributed by atoms with Crippen LogP contribution in [0.25, 0.3) is 0 Å². The van der Waals surface area contributed by atoms with Gasteiger partial charge in [0, 0.05) is 18.5 Å². The van der Waals surface area contributed by atoms with E-state index in [9.17, 15) is 19.5 Å². The molecule has 0 radical (unpaired) electrons. The largest absolute Gasteiger partial charge is 0.545 e. The Morgan fingerprint density at radius 2 is 1.93 bits per heavy atom. The fraction of sp³-hybridized carbons (Fsp3) is 0.238. The Hall–Kier alpha value is -3.68. The van der Waals surface area contributed by atoms with E-state index < -0.39 is 17.9 Å². The average Bonchev–Trinajstić information content (AvgIpc) is 2.99. The third-order valence-corrected chi connectivity index (χ3v) is 4.45. The molecule has 0 fully saturated rings. The molecule has 0 saturated heterocycles. The molecule has 0 saturated carbocycles. The summed E-state index contributed by atoms with van der Waals surface area (Å²) in [6.45, 7) is 2.03. The van der Waals surface area contributed by atoms with Crippen LogP contribution in [0.3, 0.4) is 0 Å². The minimum absolute atomic E-state index is 0.0513. The molecule has 0 atom stereocenters. The predicted octanol–water partition coefficient (Wildman–Crippen LogP) is 1.60. The van der Waals surface area contributed by atoms with Crippen LogP contribution in [0.2, 0.25) is 0 Å². The highest BCUT2D eigenvalue weighted by atomic mass is 16.5. The summed E-state index contributed by atoms with van der Waals surface area (Å²) in [6.07, 6.45) is 0.104. The SMILES string of the molecule is CCN1C(=O)N=C(Cc2cccc(OC)c2OCc2cccc(C(=O)[O-])c2)C1=O. The number of methoxy groups -OCH3 is 1. The van der Waals surface area contributed by atoms with Gasteiger partial charge in [-0.15, -0.1) is 0 Å². The zero-order valence-electron chi connectivity index (χ0n) is 16.0. The van der Waals surface area contributed by atoms with E-state index in [4.69, 9.17) is 9.47 Å². The smallest absolute Gasteiger partial charge is 0.350 e. The van der Waals surface area contributed by atoms with Gasteiger partial charge in [0.15, 0.2) is 11.5 Å². The number of nitrogens with zero attached hydrogens (tertiary/aromatic N) is 2. The van der Waals surface area contributed by atoms with Crippen LogP contribution >= 0.6 is 0 Å². The van der Waals surface area contributed by atoms with Crippen molar-refractivity contribution in [3.05, 3.63) is 59.2 Å². The van der Waals surface area contributed by atoms with E-state index in [0.29, 0.717) is 22.6 Å². The first kappa shape index (κ1) is 20.1. The van der Waals surface area contributed by atoms with Crippen molar-refractivity contribution in [1.29, 1.82) is 0 Å². The van der Waals surface area contributed by atoms with Crippen molar-refractivity contribution in [3.8, 4) is 11.5 Å². The third kappa shape index (κ3) is 4.26. The van der Waals surface area contributed by atoms with Gasteiger partial charge in [0.2, 0.25) is 0 Å². The number of urea groups is 1. The summed E-state index contributed by atoms with van der Waals surface area (Å²) in [4.78, 5) is 40.1. The Balaban J connectivity index is 1.84. The minimum Gasteiger partial charge on any atom is -0.545 e. The molecule has 1 heterocycles. The summed E-state index contributed by atoms with van der Waals surface area (Å²) < 4.78 is 11.3. The second-order valence-corrected chi connectivity index (χ2v) is 6.29. The summed E-state index contributed by atoms with van der Waals surface area (Å²) in [5.74, 6) is -0.851. The lowest BCUT2D eigenvalue weighted by molar-refractivity contribution is -0.255. The van der Waals surface area contributed by atoms with E-state index in [1.807, 2.05) is 0 Å². The fourth-order valence-corrected chi connectivity index (χ4v) is 3.01. The van der Waals surface area contributed by atoms with Crippen LogP contribution in [0.15, 0.2) is 47.5 Å². The summed E-state index contributed by atoms with van der Waals surface area (Å²) >= 11 is 0. The van der Waals surface area contributed by atoms with Crippen molar-refractivity contribution >= 4 is 23.6 Å². The highest BCUT2D eigenvalue weighted by molar-refractivity contribution is 6.46. The first-order chi connectivity index (χ1) is 13.9. The number of rotatable bonds is 8. The van der Waals surface area contributed by atoms with Crippen molar-refractivity contribution in [3.63, 3.8) is 0 Å². The van der Waals surface area contributed by atoms with Crippen molar-refractivity contribution in [2.75, 3.05) is 13.7 Å². The number of aliphatic imine (C=N–C) groups is 1. The van der Waals surface area contributed by atoms with E-state index in [1.54, 1.807) is 37.3 Å². The average molecular weight is 395 g/mol. The lowest BCUT2D eigenvalue weighted by atomic mass is 10.1. The van der Waals surface area contributed by atoms with E-state index in [0.717, 1.165) is 4.90 Å². The molecule has 3 amide bonds. The molecule has 3 rings (SSSR count). The predicted molar refractivity (Wildman–Crippen MR) is 102 cm³/mol. The number of benzene rings is 2. The van der Waals surface area contributed by atoms with Gasteiger partial charge < -0.3 is 19.4 Å². The van der Waals surface area contributed by atoms with Gasteiger partial charge in [-0.3, -0.25) is 9.69 Å². The Morgan fingerprint density at radius 3 is 2.59 bits per heavy atom. The number of hydrogen-bond donors (Lipinski definition) is 0. The topological polar surface area (TPSA) is 108 Å². The van der Waals surface area contributed by atoms with Gasteiger partial charge in [0.25, 0.3) is 5.91 Å². The van der Waals surface area contributed by atoms with Crippen LogP contribution in [0.5, 0.6) is 11.5 Å². The second kappa shape index (κ2) is 8.55. The van der Waals surface area contributed by atoms with Gasteiger partial charge in [-0.05, 0) is 30.2 Å². The number of hydrogen-bond acceptors (Lipinski definition) is 6. The molecule has 150 valence electrons. The quantitative estimate of drug-likeness (QED) is 0.672. The van der Waals surface area contributed by atoms with Crippen LogP contribution < -0.4 is 14.6 Å². The maximum absolute atomic E-state index is 12.3. The van der Waals surface area contributed by atoms with Crippen molar-refractivity contribution < 1.29 is 29.0 Å². The van der Waals surface area contributed by atoms with E-state index in [2.05, 4.69) is 4.99 Å². The van der Waals surface area contributed by atoms with Gasteiger partial charge in [-0.25, -0.2) is 4.79 Å². The molecule has 0 unspecified atom stereocenters. The Bertz CT molecular complexity index is 998. The molecule has 0 aliphatic carbocycles.